The first-order valence-electron chi connectivity index (χ1n) is 4.64. The van der Waals surface area contributed by atoms with Crippen molar-refractivity contribution in [1.29, 1.82) is 0 Å². The topological polar surface area (TPSA) is 132 Å². The standard InChI is InChI=1S/C8H7N7O2/c16-13-7-8(14-17)10-4-2-6-5(11-15-12-6)1-3(4)9-7/h1-2,16-17H,(H,9,13)(H,10,14)(H,11,12,15). The Balaban J connectivity index is 2.36. The van der Waals surface area contributed by atoms with Gasteiger partial charge in [-0.05, 0) is 12.1 Å². The lowest BCUT2D eigenvalue weighted by atomic mass is 10.2. The molecule has 1 aromatic carbocycles. The Kier molecular flexibility index (Phi) is 2.00. The largest absolute Gasteiger partial charge is 0.290 e. The van der Waals surface area contributed by atoms with Gasteiger partial charge in [0.2, 0.25) is 0 Å². The summed E-state index contributed by atoms with van der Waals surface area (Å²) in [6, 6.07) is 3.34. The third-order valence-electron chi connectivity index (χ3n) is 2.31. The molecular weight excluding hydrogens is 226 g/mol. The van der Waals surface area contributed by atoms with Gasteiger partial charge in [-0.15, -0.1) is 0 Å². The maximum atomic E-state index is 8.84. The minimum Gasteiger partial charge on any atom is -0.290 e. The third-order valence-corrected chi connectivity index (χ3v) is 2.31. The zero-order chi connectivity index (χ0) is 11.8. The van der Waals surface area contributed by atoms with E-state index < -0.39 is 0 Å². The average molecular weight is 233 g/mol. The van der Waals surface area contributed by atoms with Gasteiger partial charge in [0.05, 0.1) is 11.0 Å². The van der Waals surface area contributed by atoms with Crippen molar-refractivity contribution in [2.45, 2.75) is 0 Å². The van der Waals surface area contributed by atoms with E-state index in [0.29, 0.717) is 22.1 Å². The summed E-state index contributed by atoms with van der Waals surface area (Å²) in [4.78, 5) is 8.13. The summed E-state index contributed by atoms with van der Waals surface area (Å²) in [7, 11) is 0. The van der Waals surface area contributed by atoms with Crippen molar-refractivity contribution in [2.24, 2.45) is 0 Å². The highest BCUT2D eigenvalue weighted by atomic mass is 16.5. The van der Waals surface area contributed by atoms with Gasteiger partial charge in [0.1, 0.15) is 11.0 Å². The number of H-pyrrole nitrogens is 1. The monoisotopic (exact) mass is 233 g/mol. The molecule has 0 unspecified atom stereocenters. The number of aromatic nitrogens is 5. The molecule has 0 spiro atoms. The molecule has 9 nitrogen and oxygen atoms in total. The van der Waals surface area contributed by atoms with Crippen molar-refractivity contribution in [3.05, 3.63) is 12.1 Å². The van der Waals surface area contributed by atoms with E-state index in [9.17, 15) is 0 Å². The number of hydrogen-bond acceptors (Lipinski definition) is 8. The Labute approximate surface area is 93.4 Å². The lowest BCUT2D eigenvalue weighted by Crippen LogP contribution is -2.03. The second kappa shape index (κ2) is 3.50. The fourth-order valence-electron chi connectivity index (χ4n) is 1.55. The Bertz CT molecular complexity index is 637. The maximum absolute atomic E-state index is 8.84. The fourth-order valence-corrected chi connectivity index (χ4v) is 1.55. The highest BCUT2D eigenvalue weighted by Crippen LogP contribution is 2.22. The Morgan fingerprint density at radius 3 is 1.71 bits per heavy atom. The molecule has 0 saturated heterocycles. The second-order valence-electron chi connectivity index (χ2n) is 3.30. The molecule has 2 heterocycles. The van der Waals surface area contributed by atoms with Gasteiger partial charge in [0.15, 0.2) is 11.6 Å². The molecule has 0 aliphatic rings. The molecule has 0 amide bonds. The Morgan fingerprint density at radius 2 is 1.29 bits per heavy atom. The van der Waals surface area contributed by atoms with Gasteiger partial charge in [0.25, 0.3) is 0 Å². The number of fused-ring (bicyclic) bond motifs is 2. The van der Waals surface area contributed by atoms with Crippen molar-refractivity contribution < 1.29 is 10.4 Å². The molecule has 2 aromatic heterocycles. The predicted octanol–water partition coefficient (Wildman–Crippen LogP) is 0.503. The quantitative estimate of drug-likeness (QED) is 0.404. The molecule has 0 saturated carbocycles. The van der Waals surface area contributed by atoms with Crippen molar-refractivity contribution in [3.8, 4) is 0 Å². The van der Waals surface area contributed by atoms with Crippen LogP contribution in [0.4, 0.5) is 11.6 Å². The summed E-state index contributed by atoms with van der Waals surface area (Å²) in [6.07, 6.45) is 0. The second-order valence-corrected chi connectivity index (χ2v) is 3.30. The lowest BCUT2D eigenvalue weighted by molar-refractivity contribution is 0.373. The summed E-state index contributed by atoms with van der Waals surface area (Å²) in [5.41, 5.74) is 5.99. The molecule has 0 bridgehead atoms. The van der Waals surface area contributed by atoms with Crippen LogP contribution in [0.25, 0.3) is 22.1 Å². The van der Waals surface area contributed by atoms with Crippen LogP contribution in [-0.4, -0.2) is 35.8 Å². The van der Waals surface area contributed by atoms with E-state index >= 15 is 0 Å². The molecular formula is C8H7N7O2. The number of nitrogens with zero attached hydrogens (tertiary/aromatic N) is 4. The van der Waals surface area contributed by atoms with Crippen LogP contribution >= 0.6 is 0 Å². The van der Waals surface area contributed by atoms with Crippen LogP contribution in [0.3, 0.4) is 0 Å². The van der Waals surface area contributed by atoms with Gasteiger partial charge < -0.3 is 0 Å². The molecule has 0 aliphatic carbocycles. The summed E-state index contributed by atoms with van der Waals surface area (Å²) in [6.45, 7) is 0. The summed E-state index contributed by atoms with van der Waals surface area (Å²) < 4.78 is 0. The molecule has 0 radical (unpaired) electrons. The van der Waals surface area contributed by atoms with E-state index in [4.69, 9.17) is 10.4 Å². The Morgan fingerprint density at radius 1 is 0.824 bits per heavy atom. The Hall–Kier alpha value is -2.52. The van der Waals surface area contributed by atoms with Crippen LogP contribution in [0.5, 0.6) is 0 Å². The predicted molar refractivity (Wildman–Crippen MR) is 57.8 cm³/mol. The SMILES string of the molecule is ONc1nc2cc3n[nH]nc3cc2nc1NO. The molecule has 86 valence electrons. The number of hydrogen-bond donors (Lipinski definition) is 5. The minimum absolute atomic E-state index is 0.0165. The van der Waals surface area contributed by atoms with Crippen LogP contribution in [-0.2, 0) is 0 Å². The van der Waals surface area contributed by atoms with Gasteiger partial charge in [-0.25, -0.2) is 20.9 Å². The summed E-state index contributed by atoms with van der Waals surface area (Å²) in [5, 5.41) is 28.0. The average Bonchev–Trinajstić information content (AvgIpc) is 2.81. The van der Waals surface area contributed by atoms with Crippen LogP contribution in [0.15, 0.2) is 12.1 Å². The third kappa shape index (κ3) is 1.41. The van der Waals surface area contributed by atoms with Crippen LogP contribution < -0.4 is 11.0 Å². The van der Waals surface area contributed by atoms with Gasteiger partial charge in [-0.2, -0.15) is 15.4 Å². The molecule has 5 N–H and O–H groups in total. The number of aromatic amines is 1. The molecule has 3 rings (SSSR count). The van der Waals surface area contributed by atoms with E-state index in [-0.39, 0.29) is 11.6 Å². The van der Waals surface area contributed by atoms with E-state index in [2.05, 4.69) is 25.4 Å². The van der Waals surface area contributed by atoms with E-state index in [1.165, 1.54) is 0 Å². The molecule has 0 fully saturated rings. The molecule has 0 aliphatic heterocycles. The van der Waals surface area contributed by atoms with Crippen molar-refractivity contribution in [3.63, 3.8) is 0 Å². The van der Waals surface area contributed by atoms with Crippen molar-refractivity contribution >= 4 is 33.7 Å². The van der Waals surface area contributed by atoms with Crippen LogP contribution in [0.1, 0.15) is 0 Å². The number of rotatable bonds is 2. The number of anilines is 2. The highest BCUT2D eigenvalue weighted by molar-refractivity contribution is 5.92. The first kappa shape index (κ1) is 9.69. The van der Waals surface area contributed by atoms with E-state index in [1.807, 2.05) is 11.0 Å². The number of nitrogens with one attached hydrogen (secondary N) is 3. The van der Waals surface area contributed by atoms with Crippen LogP contribution in [0.2, 0.25) is 0 Å². The molecule has 9 heteroatoms. The summed E-state index contributed by atoms with van der Waals surface area (Å²) in [5.74, 6) is 0.0330. The molecule has 17 heavy (non-hydrogen) atoms. The maximum Gasteiger partial charge on any atom is 0.195 e. The minimum atomic E-state index is 0.0165. The van der Waals surface area contributed by atoms with E-state index in [0.717, 1.165) is 0 Å². The van der Waals surface area contributed by atoms with Gasteiger partial charge >= 0.3 is 0 Å². The molecule has 0 atom stereocenters. The zero-order valence-corrected chi connectivity index (χ0v) is 8.34. The number of benzene rings is 1. The van der Waals surface area contributed by atoms with E-state index in [1.54, 1.807) is 12.1 Å². The van der Waals surface area contributed by atoms with Crippen molar-refractivity contribution in [1.82, 2.24) is 25.4 Å². The highest BCUT2D eigenvalue weighted by Gasteiger charge is 2.09. The smallest absolute Gasteiger partial charge is 0.195 e. The van der Waals surface area contributed by atoms with Crippen LogP contribution in [0, 0.1) is 0 Å². The van der Waals surface area contributed by atoms with Gasteiger partial charge in [-0.3, -0.25) is 10.4 Å². The summed E-state index contributed by atoms with van der Waals surface area (Å²) >= 11 is 0. The van der Waals surface area contributed by atoms with Gasteiger partial charge in [-0.1, -0.05) is 0 Å². The molecule has 3 aromatic rings. The van der Waals surface area contributed by atoms with Gasteiger partial charge in [0, 0.05) is 0 Å². The normalized spacial score (nSPS) is 10.9. The zero-order valence-electron chi connectivity index (χ0n) is 8.34. The lowest BCUT2D eigenvalue weighted by Gasteiger charge is -2.06. The fraction of sp³-hybridized carbons (Fsp3) is 0. The first-order chi connectivity index (χ1) is 8.31. The van der Waals surface area contributed by atoms with Crippen molar-refractivity contribution in [2.75, 3.05) is 11.0 Å². The first-order valence-corrected chi connectivity index (χ1v) is 4.64.